The van der Waals surface area contributed by atoms with E-state index in [1.165, 1.54) is 12.1 Å². The topological polar surface area (TPSA) is 62.3 Å². The number of sulfonamides is 1. The van der Waals surface area contributed by atoms with Crippen LogP contribution in [-0.2, 0) is 10.0 Å². The third-order valence-electron chi connectivity index (χ3n) is 2.99. The first-order chi connectivity index (χ1) is 8.87. The second kappa shape index (κ2) is 5.93. The van der Waals surface area contributed by atoms with Crippen molar-refractivity contribution in [1.29, 1.82) is 0 Å². The second-order valence-corrected chi connectivity index (χ2v) is 7.16. The van der Waals surface area contributed by atoms with Gasteiger partial charge in [0.2, 0.25) is 10.0 Å². The second-order valence-electron chi connectivity index (χ2n) is 4.67. The molecule has 1 aromatic rings. The van der Waals surface area contributed by atoms with Crippen molar-refractivity contribution in [2.45, 2.75) is 23.8 Å². The largest absolute Gasteiger partial charge is 0.305 e. The highest BCUT2D eigenvalue weighted by Gasteiger charge is 2.24. The minimum absolute atomic E-state index is 0.0470. The molecule has 0 aliphatic carbocycles. The molecule has 0 amide bonds. The van der Waals surface area contributed by atoms with Gasteiger partial charge in [0.15, 0.2) is 0 Å². The quantitative estimate of drug-likeness (QED) is 0.861. The third-order valence-corrected chi connectivity index (χ3v) is 4.88. The number of hydrogen-bond acceptors (Lipinski definition) is 4. The van der Waals surface area contributed by atoms with Crippen LogP contribution in [0.5, 0.6) is 0 Å². The summed E-state index contributed by atoms with van der Waals surface area (Å²) in [4.78, 5) is 5.88. The molecule has 0 radical (unpaired) electrons. The Morgan fingerprint density at radius 3 is 2.58 bits per heavy atom. The molecule has 5 nitrogen and oxygen atoms in total. The van der Waals surface area contributed by atoms with Crippen molar-refractivity contribution in [1.82, 2.24) is 14.6 Å². The molecule has 1 fully saturated rings. The van der Waals surface area contributed by atoms with E-state index in [-0.39, 0.29) is 21.2 Å². The summed E-state index contributed by atoms with van der Waals surface area (Å²) in [6, 6.07) is 2.50. The van der Waals surface area contributed by atoms with Crippen LogP contribution < -0.4 is 4.72 Å². The van der Waals surface area contributed by atoms with Gasteiger partial charge in [0.1, 0.15) is 10.3 Å². The SMILES string of the molecule is CN1CCC[C@H](NS(=O)(=O)c2cc(Cl)nc(Cl)c2)C1. The monoisotopic (exact) mass is 323 g/mol. The summed E-state index contributed by atoms with van der Waals surface area (Å²) >= 11 is 11.5. The Kier molecular flexibility index (Phi) is 4.68. The van der Waals surface area contributed by atoms with Gasteiger partial charge in [0, 0.05) is 12.6 Å². The number of nitrogens with one attached hydrogen (secondary N) is 1. The standard InChI is InChI=1S/C11H15Cl2N3O2S/c1-16-4-2-3-8(7-16)15-19(17,18)9-5-10(12)14-11(13)6-9/h5-6,8,15H,2-4,7H2,1H3/t8-/m0/s1. The number of rotatable bonds is 3. The Bertz CT molecular complexity index is 545. The normalized spacial score (nSPS) is 21.5. The van der Waals surface area contributed by atoms with Gasteiger partial charge >= 0.3 is 0 Å². The summed E-state index contributed by atoms with van der Waals surface area (Å²) in [6.45, 7) is 1.69. The van der Waals surface area contributed by atoms with Gasteiger partial charge in [0.05, 0.1) is 4.90 Å². The van der Waals surface area contributed by atoms with Crippen molar-refractivity contribution in [3.05, 3.63) is 22.4 Å². The molecular weight excluding hydrogens is 309 g/mol. The Balaban J connectivity index is 2.17. The number of piperidine rings is 1. The Labute approximate surface area is 123 Å². The molecule has 106 valence electrons. The summed E-state index contributed by atoms with van der Waals surface area (Å²) in [5.74, 6) is 0. The van der Waals surface area contributed by atoms with Crippen LogP contribution in [-0.4, -0.2) is 44.5 Å². The fourth-order valence-electron chi connectivity index (χ4n) is 2.15. The van der Waals surface area contributed by atoms with Crippen molar-refractivity contribution < 1.29 is 8.42 Å². The van der Waals surface area contributed by atoms with Gasteiger partial charge in [-0.1, -0.05) is 23.2 Å². The average molecular weight is 324 g/mol. The van der Waals surface area contributed by atoms with Crippen LogP contribution >= 0.6 is 23.2 Å². The lowest BCUT2D eigenvalue weighted by atomic mass is 10.1. The van der Waals surface area contributed by atoms with Gasteiger partial charge < -0.3 is 4.90 Å². The number of likely N-dealkylation sites (N-methyl/N-ethyl adjacent to an activating group) is 1. The van der Waals surface area contributed by atoms with Crippen LogP contribution in [0.15, 0.2) is 17.0 Å². The lowest BCUT2D eigenvalue weighted by Crippen LogP contribution is -2.46. The van der Waals surface area contributed by atoms with E-state index in [4.69, 9.17) is 23.2 Å². The van der Waals surface area contributed by atoms with Gasteiger partial charge in [-0.3, -0.25) is 0 Å². The zero-order chi connectivity index (χ0) is 14.0. The molecule has 0 aromatic carbocycles. The molecule has 19 heavy (non-hydrogen) atoms. The van der Waals surface area contributed by atoms with Crippen LogP contribution in [0.4, 0.5) is 0 Å². The van der Waals surface area contributed by atoms with Crippen molar-refractivity contribution in [3.63, 3.8) is 0 Å². The van der Waals surface area contributed by atoms with Crippen molar-refractivity contribution in [2.75, 3.05) is 20.1 Å². The smallest absolute Gasteiger partial charge is 0.241 e. The summed E-state index contributed by atoms with van der Waals surface area (Å²) < 4.78 is 27.2. The van der Waals surface area contributed by atoms with Gasteiger partial charge in [-0.2, -0.15) is 0 Å². The average Bonchev–Trinajstić information content (AvgIpc) is 2.26. The van der Waals surface area contributed by atoms with E-state index < -0.39 is 10.0 Å². The number of pyridine rings is 1. The van der Waals surface area contributed by atoms with Gasteiger partial charge in [-0.25, -0.2) is 18.1 Å². The number of aromatic nitrogens is 1. The number of halogens is 2. The van der Waals surface area contributed by atoms with Gasteiger partial charge in [-0.05, 0) is 38.6 Å². The van der Waals surface area contributed by atoms with E-state index in [2.05, 4.69) is 14.6 Å². The summed E-state index contributed by atoms with van der Waals surface area (Å²) in [7, 11) is -1.64. The molecule has 1 atom stereocenters. The highest BCUT2D eigenvalue weighted by atomic mass is 35.5. The molecular formula is C11H15Cl2N3O2S. The summed E-state index contributed by atoms with van der Waals surface area (Å²) in [6.07, 6.45) is 1.80. The molecule has 1 saturated heterocycles. The van der Waals surface area contributed by atoms with E-state index in [9.17, 15) is 8.42 Å². The first-order valence-corrected chi connectivity index (χ1v) is 8.15. The van der Waals surface area contributed by atoms with E-state index >= 15 is 0 Å². The fraction of sp³-hybridized carbons (Fsp3) is 0.545. The molecule has 1 N–H and O–H groups in total. The lowest BCUT2D eigenvalue weighted by Gasteiger charge is -2.29. The predicted octanol–water partition coefficient (Wildman–Crippen LogP) is 1.76. The summed E-state index contributed by atoms with van der Waals surface area (Å²) in [5, 5.41) is 0.127. The van der Waals surface area contributed by atoms with Crippen LogP contribution in [0.1, 0.15) is 12.8 Å². The lowest BCUT2D eigenvalue weighted by molar-refractivity contribution is 0.242. The van der Waals surface area contributed by atoms with Crippen molar-refractivity contribution in [2.24, 2.45) is 0 Å². The molecule has 0 spiro atoms. The van der Waals surface area contributed by atoms with Crippen molar-refractivity contribution >= 4 is 33.2 Å². The molecule has 2 heterocycles. The van der Waals surface area contributed by atoms with Crippen molar-refractivity contribution in [3.8, 4) is 0 Å². The van der Waals surface area contributed by atoms with Crippen LogP contribution in [0.3, 0.4) is 0 Å². The highest BCUT2D eigenvalue weighted by Crippen LogP contribution is 2.20. The van der Waals surface area contributed by atoms with E-state index in [1.807, 2.05) is 7.05 Å². The number of nitrogens with zero attached hydrogens (tertiary/aromatic N) is 2. The minimum atomic E-state index is -3.61. The maximum absolute atomic E-state index is 12.2. The van der Waals surface area contributed by atoms with E-state index in [1.54, 1.807) is 0 Å². The van der Waals surface area contributed by atoms with Crippen LogP contribution in [0.2, 0.25) is 10.3 Å². The number of likely N-dealkylation sites (tertiary alicyclic amines) is 1. The number of hydrogen-bond donors (Lipinski definition) is 1. The summed E-state index contributed by atoms with van der Waals surface area (Å²) in [5.41, 5.74) is 0. The maximum Gasteiger partial charge on any atom is 0.241 e. The zero-order valence-electron chi connectivity index (χ0n) is 10.4. The highest BCUT2D eigenvalue weighted by molar-refractivity contribution is 7.89. The molecule has 0 unspecified atom stereocenters. The van der Waals surface area contributed by atoms with Crippen LogP contribution in [0, 0.1) is 0 Å². The Hall–Kier alpha value is -0.400. The maximum atomic E-state index is 12.2. The van der Waals surface area contributed by atoms with Gasteiger partial charge in [-0.15, -0.1) is 0 Å². The molecule has 0 saturated carbocycles. The van der Waals surface area contributed by atoms with Crippen LogP contribution in [0.25, 0.3) is 0 Å². The Morgan fingerprint density at radius 2 is 2.00 bits per heavy atom. The molecule has 2 rings (SSSR count). The molecule has 1 aliphatic rings. The first kappa shape index (κ1) is 15.0. The zero-order valence-corrected chi connectivity index (χ0v) is 12.8. The molecule has 1 aromatic heterocycles. The fourth-order valence-corrected chi connectivity index (χ4v) is 4.04. The molecule has 1 aliphatic heterocycles. The predicted molar refractivity (Wildman–Crippen MR) is 75.1 cm³/mol. The molecule has 0 bridgehead atoms. The minimum Gasteiger partial charge on any atom is -0.305 e. The van der Waals surface area contributed by atoms with Gasteiger partial charge in [0.25, 0.3) is 0 Å². The Morgan fingerprint density at radius 1 is 1.37 bits per heavy atom. The first-order valence-electron chi connectivity index (χ1n) is 5.91. The van der Waals surface area contributed by atoms with E-state index in [0.29, 0.717) is 6.54 Å². The third kappa shape index (κ3) is 4.03. The van der Waals surface area contributed by atoms with E-state index in [0.717, 1.165) is 19.4 Å². The molecule has 8 heteroatoms.